The average Bonchev–Trinajstić information content (AvgIpc) is 2.60. The van der Waals surface area contributed by atoms with E-state index >= 15 is 0 Å². The molecule has 4 heteroatoms. The molecule has 1 aromatic rings. The zero-order valence-corrected chi connectivity index (χ0v) is 15.5. The van der Waals surface area contributed by atoms with Gasteiger partial charge in [0.2, 0.25) is 5.91 Å². The average molecular weight is 355 g/mol. The number of ether oxygens (including phenoxy) is 2. The van der Waals surface area contributed by atoms with Crippen LogP contribution in [-0.4, -0.2) is 25.7 Å². The summed E-state index contributed by atoms with van der Waals surface area (Å²) in [4.78, 5) is 12.6. The molecule has 1 heterocycles. The van der Waals surface area contributed by atoms with Gasteiger partial charge in [-0.1, -0.05) is 6.07 Å². The highest BCUT2D eigenvalue weighted by Crippen LogP contribution is 2.61. The van der Waals surface area contributed by atoms with Crippen LogP contribution in [0.2, 0.25) is 0 Å². The third kappa shape index (κ3) is 3.19. The Morgan fingerprint density at radius 1 is 1.00 bits per heavy atom. The van der Waals surface area contributed by atoms with Gasteiger partial charge in [0.05, 0.1) is 0 Å². The molecule has 1 aliphatic heterocycles. The monoisotopic (exact) mass is 355 g/mol. The summed E-state index contributed by atoms with van der Waals surface area (Å²) in [5.74, 6) is 4.63. The largest absolute Gasteiger partial charge is 0.486 e. The van der Waals surface area contributed by atoms with Crippen LogP contribution in [0.15, 0.2) is 18.2 Å². The first-order valence-corrected chi connectivity index (χ1v) is 10.3. The van der Waals surface area contributed by atoms with Crippen molar-refractivity contribution < 1.29 is 14.3 Å². The molecular formula is C22H29NO3. The molecule has 4 aliphatic carbocycles. The zero-order valence-electron chi connectivity index (χ0n) is 15.5. The Hall–Kier alpha value is -1.71. The summed E-state index contributed by atoms with van der Waals surface area (Å²) in [6.07, 6.45) is 9.79. The molecule has 1 N–H and O–H groups in total. The number of rotatable bonds is 5. The molecule has 4 nitrogen and oxygen atoms in total. The van der Waals surface area contributed by atoms with E-state index in [1.165, 1.54) is 44.1 Å². The summed E-state index contributed by atoms with van der Waals surface area (Å²) in [5, 5.41) is 3.18. The highest BCUT2D eigenvalue weighted by molar-refractivity contribution is 5.76. The molecule has 0 unspecified atom stereocenters. The van der Waals surface area contributed by atoms with Crippen LogP contribution in [0.1, 0.15) is 50.5 Å². The second kappa shape index (κ2) is 6.47. The van der Waals surface area contributed by atoms with E-state index in [0.29, 0.717) is 25.2 Å². The van der Waals surface area contributed by atoms with Gasteiger partial charge in [0.25, 0.3) is 0 Å². The lowest BCUT2D eigenvalue weighted by molar-refractivity contribution is -0.129. The van der Waals surface area contributed by atoms with Crippen molar-refractivity contribution in [3.63, 3.8) is 0 Å². The molecule has 4 bridgehead atoms. The second-order valence-electron chi connectivity index (χ2n) is 9.17. The minimum absolute atomic E-state index is 0.254. The van der Waals surface area contributed by atoms with Gasteiger partial charge in [-0.25, -0.2) is 0 Å². The first kappa shape index (κ1) is 16.5. The van der Waals surface area contributed by atoms with Crippen LogP contribution in [0.25, 0.3) is 0 Å². The molecule has 5 aliphatic rings. The summed E-state index contributed by atoms with van der Waals surface area (Å²) in [6, 6.07) is 6.08. The first-order chi connectivity index (χ1) is 12.7. The van der Waals surface area contributed by atoms with Gasteiger partial charge in [-0.15, -0.1) is 0 Å². The van der Waals surface area contributed by atoms with Gasteiger partial charge in [-0.3, -0.25) is 4.79 Å². The molecule has 0 spiro atoms. The predicted octanol–water partition coefficient (Wildman–Crippen LogP) is 3.72. The maximum atomic E-state index is 12.6. The number of carbonyl (C=O) groups excluding carboxylic acids is 1. The molecule has 0 saturated heterocycles. The molecule has 1 amide bonds. The van der Waals surface area contributed by atoms with E-state index in [-0.39, 0.29) is 5.91 Å². The number of nitrogens with one attached hydrogen (secondary N) is 1. The van der Waals surface area contributed by atoms with E-state index in [4.69, 9.17) is 9.47 Å². The van der Waals surface area contributed by atoms with Gasteiger partial charge in [0.1, 0.15) is 13.2 Å². The Bertz CT molecular complexity index is 663. The molecule has 1 aromatic carbocycles. The SMILES string of the molecule is O=C(CC12CC3CC(CC(C3)C1)C2)NCCc1ccc2c(c1)OCCO2. The summed E-state index contributed by atoms with van der Waals surface area (Å²) in [6.45, 7) is 1.93. The number of fused-ring (bicyclic) bond motifs is 1. The Kier molecular flexibility index (Phi) is 4.10. The van der Waals surface area contributed by atoms with Gasteiger partial charge >= 0.3 is 0 Å². The topological polar surface area (TPSA) is 47.6 Å². The molecule has 26 heavy (non-hydrogen) atoms. The Morgan fingerprint density at radius 2 is 1.65 bits per heavy atom. The van der Waals surface area contributed by atoms with E-state index in [1.807, 2.05) is 12.1 Å². The van der Waals surface area contributed by atoms with Crippen LogP contribution in [0, 0.1) is 23.2 Å². The number of hydrogen-bond acceptors (Lipinski definition) is 3. The number of amides is 1. The summed E-state index contributed by atoms with van der Waals surface area (Å²) in [7, 11) is 0. The highest BCUT2D eigenvalue weighted by atomic mass is 16.6. The molecule has 4 saturated carbocycles. The number of hydrogen-bond donors (Lipinski definition) is 1. The quantitative estimate of drug-likeness (QED) is 0.876. The van der Waals surface area contributed by atoms with Crippen LogP contribution < -0.4 is 14.8 Å². The van der Waals surface area contributed by atoms with Crippen LogP contribution >= 0.6 is 0 Å². The van der Waals surface area contributed by atoms with Crippen LogP contribution in [0.3, 0.4) is 0 Å². The minimum atomic E-state index is 0.254. The molecule has 0 atom stereocenters. The summed E-state index contributed by atoms with van der Waals surface area (Å²) >= 11 is 0. The lowest BCUT2D eigenvalue weighted by Gasteiger charge is -2.56. The van der Waals surface area contributed by atoms with Crippen molar-refractivity contribution in [2.24, 2.45) is 23.2 Å². The van der Waals surface area contributed by atoms with Crippen molar-refractivity contribution >= 4 is 5.91 Å². The van der Waals surface area contributed by atoms with Gasteiger partial charge < -0.3 is 14.8 Å². The van der Waals surface area contributed by atoms with Gasteiger partial charge in [0.15, 0.2) is 11.5 Å². The molecule has 4 fully saturated rings. The van der Waals surface area contributed by atoms with Crippen molar-refractivity contribution in [2.45, 2.75) is 51.4 Å². The molecular weight excluding hydrogens is 326 g/mol. The molecule has 0 aromatic heterocycles. The summed E-state index contributed by atoms with van der Waals surface area (Å²) < 4.78 is 11.2. The molecule has 140 valence electrons. The van der Waals surface area contributed by atoms with Crippen LogP contribution in [-0.2, 0) is 11.2 Å². The van der Waals surface area contributed by atoms with Crippen LogP contribution in [0.5, 0.6) is 11.5 Å². The molecule has 6 rings (SSSR count). The fourth-order valence-electron chi connectivity index (χ4n) is 6.50. The lowest BCUT2D eigenvalue weighted by Crippen LogP contribution is -2.48. The van der Waals surface area contributed by atoms with Crippen molar-refractivity contribution in [3.05, 3.63) is 23.8 Å². The highest BCUT2D eigenvalue weighted by Gasteiger charge is 2.51. The van der Waals surface area contributed by atoms with Crippen molar-refractivity contribution in [2.75, 3.05) is 19.8 Å². The maximum Gasteiger partial charge on any atom is 0.220 e. The minimum Gasteiger partial charge on any atom is -0.486 e. The van der Waals surface area contributed by atoms with Crippen molar-refractivity contribution in [1.82, 2.24) is 5.32 Å². The fourth-order valence-corrected chi connectivity index (χ4v) is 6.50. The van der Waals surface area contributed by atoms with Crippen molar-refractivity contribution in [1.29, 1.82) is 0 Å². The normalized spacial score (nSPS) is 33.9. The number of carbonyl (C=O) groups is 1. The Labute approximate surface area is 155 Å². The summed E-state index contributed by atoms with van der Waals surface area (Å²) in [5.41, 5.74) is 1.51. The smallest absolute Gasteiger partial charge is 0.220 e. The van der Waals surface area contributed by atoms with E-state index in [1.54, 1.807) is 0 Å². The van der Waals surface area contributed by atoms with Gasteiger partial charge in [-0.2, -0.15) is 0 Å². The van der Waals surface area contributed by atoms with E-state index in [0.717, 1.165) is 42.1 Å². The molecule has 0 radical (unpaired) electrons. The third-order valence-electron chi connectivity index (χ3n) is 7.04. The van der Waals surface area contributed by atoms with E-state index in [9.17, 15) is 4.79 Å². The Morgan fingerprint density at radius 3 is 2.35 bits per heavy atom. The number of benzene rings is 1. The lowest BCUT2D eigenvalue weighted by atomic mass is 9.49. The maximum absolute atomic E-state index is 12.6. The predicted molar refractivity (Wildman–Crippen MR) is 99.4 cm³/mol. The van der Waals surface area contributed by atoms with Gasteiger partial charge in [-0.05, 0) is 85.8 Å². The van der Waals surface area contributed by atoms with Crippen molar-refractivity contribution in [3.8, 4) is 11.5 Å². The Balaban J connectivity index is 1.14. The van der Waals surface area contributed by atoms with E-state index < -0.39 is 0 Å². The standard InChI is InChI=1S/C22H29NO3/c24-21(14-22-11-16-7-17(12-22)9-18(8-16)13-22)23-4-3-15-1-2-19-20(10-15)26-6-5-25-19/h1-2,10,16-18H,3-9,11-14H2,(H,23,24). The fraction of sp³-hybridized carbons (Fsp3) is 0.682. The van der Waals surface area contributed by atoms with Gasteiger partial charge in [0, 0.05) is 13.0 Å². The van der Waals surface area contributed by atoms with E-state index in [2.05, 4.69) is 11.4 Å². The first-order valence-electron chi connectivity index (χ1n) is 10.3. The second-order valence-corrected chi connectivity index (χ2v) is 9.17. The third-order valence-corrected chi connectivity index (χ3v) is 7.04. The van der Waals surface area contributed by atoms with Crippen LogP contribution in [0.4, 0.5) is 0 Å². The zero-order chi connectivity index (χ0) is 17.6.